The molecule has 0 N–H and O–H groups in total. The Morgan fingerprint density at radius 3 is 2.42 bits per heavy atom. The molecule has 1 aromatic rings. The number of hydrogen-bond donors (Lipinski definition) is 0. The summed E-state index contributed by atoms with van der Waals surface area (Å²) in [6, 6.07) is 4.92. The van der Waals surface area contributed by atoms with Crippen LogP contribution < -0.4 is 0 Å². The van der Waals surface area contributed by atoms with Gasteiger partial charge < -0.3 is 4.74 Å². The van der Waals surface area contributed by atoms with Gasteiger partial charge in [-0.25, -0.2) is 17.1 Å². The zero-order chi connectivity index (χ0) is 13.9. The number of halogens is 1. The van der Waals surface area contributed by atoms with Crippen LogP contribution in [-0.4, -0.2) is 39.5 Å². The monoisotopic (exact) mass is 287 g/mol. The van der Waals surface area contributed by atoms with Crippen molar-refractivity contribution >= 4 is 10.0 Å². The molecule has 1 aliphatic heterocycles. The van der Waals surface area contributed by atoms with E-state index < -0.39 is 15.8 Å². The van der Waals surface area contributed by atoms with Crippen molar-refractivity contribution in [2.45, 2.75) is 17.7 Å². The molecule has 1 saturated heterocycles. The number of benzene rings is 1. The summed E-state index contributed by atoms with van der Waals surface area (Å²) in [6.45, 7) is 1.85. The van der Waals surface area contributed by atoms with Crippen LogP contribution in [0.4, 0.5) is 4.39 Å². The van der Waals surface area contributed by atoms with E-state index in [0.717, 1.165) is 25.0 Å². The molecule has 0 bridgehead atoms. The van der Waals surface area contributed by atoms with Gasteiger partial charge in [0.2, 0.25) is 10.0 Å². The quantitative estimate of drug-likeness (QED) is 0.849. The maximum Gasteiger partial charge on any atom is 0.242 e. The predicted octanol–water partition coefficient (Wildman–Crippen LogP) is 1.87. The molecule has 0 aliphatic carbocycles. The maximum atomic E-state index is 12.8. The van der Waals surface area contributed by atoms with E-state index in [4.69, 9.17) is 4.74 Å². The molecule has 19 heavy (non-hydrogen) atoms. The number of ether oxygens (including phenoxy) is 1. The maximum absolute atomic E-state index is 12.8. The molecule has 1 aromatic carbocycles. The Balaban J connectivity index is 2.07. The van der Waals surface area contributed by atoms with Crippen molar-refractivity contribution in [3.05, 3.63) is 30.1 Å². The minimum absolute atomic E-state index is 0.128. The highest BCUT2D eigenvalue weighted by molar-refractivity contribution is 7.89. The van der Waals surface area contributed by atoms with E-state index in [1.807, 2.05) is 0 Å². The first kappa shape index (κ1) is 14.4. The Morgan fingerprint density at radius 1 is 1.26 bits per heavy atom. The Hall–Kier alpha value is -0.980. The van der Waals surface area contributed by atoms with Crippen molar-refractivity contribution in [1.82, 2.24) is 4.31 Å². The topological polar surface area (TPSA) is 46.6 Å². The van der Waals surface area contributed by atoms with E-state index >= 15 is 0 Å². The number of nitrogens with zero attached hydrogens (tertiary/aromatic N) is 1. The molecule has 4 nitrogen and oxygen atoms in total. The Kier molecular flexibility index (Phi) is 4.54. The summed E-state index contributed by atoms with van der Waals surface area (Å²) in [6.07, 6.45) is 1.76. The molecule has 1 fully saturated rings. The smallest absolute Gasteiger partial charge is 0.242 e. The molecule has 0 aromatic heterocycles. The SMILES string of the molecule is CN(CC1CCOCC1)S(=O)(=O)c1ccc(F)cc1. The molecule has 2 rings (SSSR count). The number of sulfonamides is 1. The highest BCUT2D eigenvalue weighted by atomic mass is 32.2. The molecule has 0 spiro atoms. The standard InChI is InChI=1S/C13H18FNO3S/c1-15(10-11-6-8-18-9-7-11)19(16,17)13-4-2-12(14)3-5-13/h2-5,11H,6-10H2,1H3. The third-order valence-corrected chi connectivity index (χ3v) is 5.22. The lowest BCUT2D eigenvalue weighted by atomic mass is 10.0. The highest BCUT2D eigenvalue weighted by Gasteiger charge is 2.24. The summed E-state index contributed by atoms with van der Waals surface area (Å²) in [5, 5.41) is 0. The lowest BCUT2D eigenvalue weighted by Gasteiger charge is -2.26. The van der Waals surface area contributed by atoms with Crippen molar-refractivity contribution in [3.8, 4) is 0 Å². The lowest BCUT2D eigenvalue weighted by Crippen LogP contribution is -2.34. The molecule has 0 atom stereocenters. The van der Waals surface area contributed by atoms with E-state index in [2.05, 4.69) is 0 Å². The fraction of sp³-hybridized carbons (Fsp3) is 0.538. The van der Waals surface area contributed by atoms with Crippen LogP contribution in [0.1, 0.15) is 12.8 Å². The van der Waals surface area contributed by atoms with Crippen molar-refractivity contribution < 1.29 is 17.5 Å². The summed E-state index contributed by atoms with van der Waals surface area (Å²) in [5.74, 6) is -0.111. The predicted molar refractivity (Wildman–Crippen MR) is 69.8 cm³/mol. The fourth-order valence-electron chi connectivity index (χ4n) is 2.18. The molecule has 1 heterocycles. The van der Waals surface area contributed by atoms with Crippen LogP contribution in [0.2, 0.25) is 0 Å². The van der Waals surface area contributed by atoms with Crippen LogP contribution in [0.15, 0.2) is 29.2 Å². The van der Waals surface area contributed by atoms with Crippen LogP contribution in [0.25, 0.3) is 0 Å². The van der Waals surface area contributed by atoms with Crippen LogP contribution in [-0.2, 0) is 14.8 Å². The van der Waals surface area contributed by atoms with Gasteiger partial charge >= 0.3 is 0 Å². The molecule has 6 heteroatoms. The van der Waals surface area contributed by atoms with Gasteiger partial charge in [0.15, 0.2) is 0 Å². The van der Waals surface area contributed by atoms with Crippen molar-refractivity contribution in [1.29, 1.82) is 0 Å². The molecule has 0 saturated carbocycles. The van der Waals surface area contributed by atoms with E-state index in [0.29, 0.717) is 25.7 Å². The Bertz CT molecular complexity index is 509. The van der Waals surface area contributed by atoms with Crippen LogP contribution in [0.3, 0.4) is 0 Å². The zero-order valence-electron chi connectivity index (χ0n) is 10.9. The summed E-state index contributed by atoms with van der Waals surface area (Å²) in [7, 11) is -1.97. The van der Waals surface area contributed by atoms with E-state index in [1.54, 1.807) is 7.05 Å². The average Bonchev–Trinajstić information content (AvgIpc) is 2.40. The first-order valence-corrected chi connectivity index (χ1v) is 7.74. The third-order valence-electron chi connectivity index (χ3n) is 3.38. The molecule has 0 unspecified atom stereocenters. The molecule has 0 amide bonds. The van der Waals surface area contributed by atoms with Crippen LogP contribution >= 0.6 is 0 Å². The van der Waals surface area contributed by atoms with Gasteiger partial charge in [0.1, 0.15) is 5.82 Å². The van der Waals surface area contributed by atoms with E-state index in [9.17, 15) is 12.8 Å². The summed E-state index contributed by atoms with van der Waals surface area (Å²) in [4.78, 5) is 0.128. The first-order chi connectivity index (χ1) is 9.00. The Morgan fingerprint density at radius 2 is 1.84 bits per heavy atom. The van der Waals surface area contributed by atoms with Crippen molar-refractivity contribution in [2.75, 3.05) is 26.8 Å². The Labute approximate surface area is 113 Å². The minimum atomic E-state index is -3.53. The van der Waals surface area contributed by atoms with E-state index in [1.165, 1.54) is 16.4 Å². The summed E-state index contributed by atoms with van der Waals surface area (Å²) >= 11 is 0. The number of rotatable bonds is 4. The average molecular weight is 287 g/mol. The van der Waals surface area contributed by atoms with Gasteiger partial charge in [-0.2, -0.15) is 0 Å². The fourth-order valence-corrected chi connectivity index (χ4v) is 3.42. The molecular weight excluding hydrogens is 269 g/mol. The second-order valence-electron chi connectivity index (χ2n) is 4.80. The van der Waals surface area contributed by atoms with Gasteiger partial charge in [-0.1, -0.05) is 0 Å². The summed E-state index contributed by atoms with van der Waals surface area (Å²) < 4.78 is 44.0. The van der Waals surface area contributed by atoms with Gasteiger partial charge in [0.25, 0.3) is 0 Å². The first-order valence-electron chi connectivity index (χ1n) is 6.30. The van der Waals surface area contributed by atoms with Gasteiger partial charge in [-0.05, 0) is 43.0 Å². The van der Waals surface area contributed by atoms with Gasteiger partial charge in [0.05, 0.1) is 4.90 Å². The highest BCUT2D eigenvalue weighted by Crippen LogP contribution is 2.20. The van der Waals surface area contributed by atoms with Crippen molar-refractivity contribution in [3.63, 3.8) is 0 Å². The lowest BCUT2D eigenvalue weighted by molar-refractivity contribution is 0.0620. The second kappa shape index (κ2) is 5.98. The van der Waals surface area contributed by atoms with Crippen molar-refractivity contribution in [2.24, 2.45) is 5.92 Å². The number of hydrogen-bond acceptors (Lipinski definition) is 3. The molecular formula is C13H18FNO3S. The van der Waals surface area contributed by atoms with E-state index in [-0.39, 0.29) is 4.90 Å². The third kappa shape index (κ3) is 3.52. The van der Waals surface area contributed by atoms with Crippen LogP contribution in [0, 0.1) is 11.7 Å². The van der Waals surface area contributed by atoms with Gasteiger partial charge in [-0.15, -0.1) is 0 Å². The normalized spacial score (nSPS) is 17.8. The second-order valence-corrected chi connectivity index (χ2v) is 6.84. The zero-order valence-corrected chi connectivity index (χ0v) is 11.7. The minimum Gasteiger partial charge on any atom is -0.381 e. The largest absolute Gasteiger partial charge is 0.381 e. The molecule has 106 valence electrons. The van der Waals surface area contributed by atoms with Gasteiger partial charge in [0, 0.05) is 26.8 Å². The van der Waals surface area contributed by atoms with Gasteiger partial charge in [-0.3, -0.25) is 0 Å². The summed E-state index contributed by atoms with van der Waals surface area (Å²) in [5.41, 5.74) is 0. The molecule has 1 aliphatic rings. The van der Waals surface area contributed by atoms with Crippen LogP contribution in [0.5, 0.6) is 0 Å². The molecule has 0 radical (unpaired) electrons.